The van der Waals surface area contributed by atoms with Crippen LogP contribution in [0, 0.1) is 11.7 Å². The highest BCUT2D eigenvalue weighted by atomic mass is 32.1. The normalized spacial score (nSPS) is 23.3. The maximum Gasteiger partial charge on any atom is 0.336 e. The van der Waals surface area contributed by atoms with Gasteiger partial charge in [-0.1, -0.05) is 6.07 Å². The predicted octanol–water partition coefficient (Wildman–Crippen LogP) is 2.33. The average molecular weight is 622 g/mol. The Morgan fingerprint density at radius 2 is 1.77 bits per heavy atom. The number of amides is 1. The number of fused-ring (bicyclic) bond motifs is 4. The molecule has 3 aliphatic heterocycles. The fourth-order valence-electron chi connectivity index (χ4n) is 6.48. The molecule has 2 fully saturated rings. The van der Waals surface area contributed by atoms with E-state index in [4.69, 9.17) is 25.2 Å². The maximum absolute atomic E-state index is 14.0. The van der Waals surface area contributed by atoms with Crippen LogP contribution in [-0.4, -0.2) is 97.3 Å². The van der Waals surface area contributed by atoms with E-state index >= 15 is 0 Å². The first-order chi connectivity index (χ1) is 20.2. The summed E-state index contributed by atoms with van der Waals surface area (Å²) in [6.45, 7) is 1.32. The molecule has 5 rings (SSSR count). The van der Waals surface area contributed by atoms with Crippen LogP contribution in [0.15, 0.2) is 29.1 Å². The van der Waals surface area contributed by atoms with E-state index < -0.39 is 36.4 Å². The molecule has 2 aromatic rings. The van der Waals surface area contributed by atoms with Gasteiger partial charge in [0.15, 0.2) is 5.60 Å². The number of hydrogen-bond donors (Lipinski definition) is 4. The second kappa shape index (κ2) is 13.0. The highest BCUT2D eigenvalue weighted by molar-refractivity contribution is 7.07. The van der Waals surface area contributed by atoms with E-state index in [9.17, 15) is 23.6 Å². The zero-order valence-electron chi connectivity index (χ0n) is 23.9. The molecule has 1 aromatic heterocycles. The van der Waals surface area contributed by atoms with Gasteiger partial charge >= 0.3 is 17.9 Å². The third-order valence-electron chi connectivity index (χ3n) is 8.41. The number of carbonyl (C=O) groups excluding carboxylic acids is 1. The average Bonchev–Trinajstić information content (AvgIpc) is 3.60. The number of carboxylic acids is 3. The molecule has 4 N–H and O–H groups in total. The van der Waals surface area contributed by atoms with Gasteiger partial charge in [0, 0.05) is 44.5 Å². The van der Waals surface area contributed by atoms with E-state index in [2.05, 4.69) is 9.88 Å². The molecular formula is C29H36FN3O9S. The maximum atomic E-state index is 14.0. The molecule has 12 nitrogen and oxygen atoms in total. The highest BCUT2D eigenvalue weighted by Gasteiger charge is 2.53. The zero-order valence-corrected chi connectivity index (χ0v) is 24.8. The SMILES string of the molecule is CN(C)C(=O)C(Cc1cscn1)CN1C2CCC1CC1(C2)OCc2ccc(F)cc21.O=C(O)CC(O)(CC(=O)O)C(=O)O. The fourth-order valence-corrected chi connectivity index (χ4v) is 7.05. The van der Waals surface area contributed by atoms with Gasteiger partial charge in [-0.15, -0.1) is 11.3 Å². The molecule has 3 unspecified atom stereocenters. The number of carbonyl (C=O) groups is 4. The lowest BCUT2D eigenvalue weighted by atomic mass is 9.79. The number of hydrogen-bond acceptors (Lipinski definition) is 9. The van der Waals surface area contributed by atoms with Gasteiger partial charge in [-0.25, -0.2) is 14.2 Å². The van der Waals surface area contributed by atoms with E-state index in [1.807, 2.05) is 31.1 Å². The van der Waals surface area contributed by atoms with Crippen molar-refractivity contribution in [1.29, 1.82) is 0 Å². The number of aliphatic carboxylic acids is 3. The van der Waals surface area contributed by atoms with Crippen LogP contribution >= 0.6 is 11.3 Å². The number of piperidine rings is 1. The van der Waals surface area contributed by atoms with Gasteiger partial charge in [-0.3, -0.25) is 19.3 Å². The Morgan fingerprint density at radius 3 is 2.28 bits per heavy atom. The first-order valence-corrected chi connectivity index (χ1v) is 14.8. The predicted molar refractivity (Wildman–Crippen MR) is 151 cm³/mol. The number of rotatable bonds is 10. The van der Waals surface area contributed by atoms with Crippen LogP contribution in [0.5, 0.6) is 0 Å². The lowest BCUT2D eigenvalue weighted by Crippen LogP contribution is -2.52. The number of halogens is 1. The van der Waals surface area contributed by atoms with Crippen molar-refractivity contribution >= 4 is 35.2 Å². The number of nitrogens with zero attached hydrogens (tertiary/aromatic N) is 3. The molecule has 234 valence electrons. The molecule has 3 aliphatic rings. The van der Waals surface area contributed by atoms with Gasteiger partial charge in [-0.2, -0.15) is 0 Å². The molecule has 3 atom stereocenters. The number of carboxylic acid groups (broad SMARTS) is 3. The van der Waals surface area contributed by atoms with Gasteiger partial charge in [0.2, 0.25) is 5.91 Å². The van der Waals surface area contributed by atoms with Gasteiger partial charge < -0.3 is 30.1 Å². The van der Waals surface area contributed by atoms with Crippen LogP contribution in [0.4, 0.5) is 4.39 Å². The molecule has 0 aliphatic carbocycles. The monoisotopic (exact) mass is 621 g/mol. The summed E-state index contributed by atoms with van der Waals surface area (Å²) in [4.78, 5) is 52.1. The van der Waals surface area contributed by atoms with Crippen molar-refractivity contribution in [2.75, 3.05) is 20.6 Å². The number of aromatic nitrogens is 1. The van der Waals surface area contributed by atoms with Crippen LogP contribution in [0.25, 0.3) is 0 Å². The molecule has 1 aromatic carbocycles. The molecule has 14 heteroatoms. The first kappa shape index (κ1) is 32.5. The molecule has 0 saturated carbocycles. The Labute approximate surface area is 251 Å². The minimum atomic E-state index is -2.74. The summed E-state index contributed by atoms with van der Waals surface area (Å²) in [7, 11) is 3.65. The standard InChI is InChI=1S/C23H28FN3O2S.C6H8O7/c1-26(2)22(28)16(7-18-13-30-14-25-18)11-27-19-5-6-20(27)10-23(9-19)21-8-17(24)4-3-15(21)12-29-23;7-3(8)1-6(13,5(11)12)2-4(9)10/h3-4,8,13-14,16,19-20H,5-7,9-12H2,1-2H3;13H,1-2H2,(H,7,8)(H,9,10)(H,11,12). The minimum Gasteiger partial charge on any atom is -0.481 e. The largest absolute Gasteiger partial charge is 0.481 e. The summed E-state index contributed by atoms with van der Waals surface area (Å²) >= 11 is 1.57. The van der Waals surface area contributed by atoms with Gasteiger partial charge in [-0.05, 0) is 48.9 Å². The highest BCUT2D eigenvalue weighted by Crippen LogP contribution is 2.52. The molecule has 2 bridgehead atoms. The molecular weight excluding hydrogens is 585 g/mol. The van der Waals surface area contributed by atoms with Crippen LogP contribution in [-0.2, 0) is 42.5 Å². The van der Waals surface area contributed by atoms with Crippen LogP contribution in [0.3, 0.4) is 0 Å². The van der Waals surface area contributed by atoms with E-state index in [0.717, 1.165) is 49.0 Å². The van der Waals surface area contributed by atoms with Crippen molar-refractivity contribution in [3.63, 3.8) is 0 Å². The van der Waals surface area contributed by atoms with Crippen molar-refractivity contribution in [3.05, 3.63) is 51.7 Å². The fraction of sp³-hybridized carbons (Fsp3) is 0.552. The third-order valence-corrected chi connectivity index (χ3v) is 9.05. The molecule has 1 spiro atoms. The second-order valence-electron chi connectivity index (χ2n) is 11.7. The molecule has 0 radical (unpaired) electrons. The van der Waals surface area contributed by atoms with Crippen LogP contribution in [0.2, 0.25) is 0 Å². The van der Waals surface area contributed by atoms with Gasteiger partial charge in [0.05, 0.1) is 42.2 Å². The van der Waals surface area contributed by atoms with Crippen molar-refractivity contribution in [2.45, 2.75) is 74.8 Å². The van der Waals surface area contributed by atoms with Crippen molar-refractivity contribution in [1.82, 2.24) is 14.8 Å². The van der Waals surface area contributed by atoms with Crippen molar-refractivity contribution < 1.29 is 48.7 Å². The van der Waals surface area contributed by atoms with E-state index in [1.54, 1.807) is 22.3 Å². The number of benzene rings is 1. The number of aliphatic hydroxyl groups is 1. The minimum absolute atomic E-state index is 0.103. The lowest BCUT2D eigenvalue weighted by Gasteiger charge is -2.45. The summed E-state index contributed by atoms with van der Waals surface area (Å²) in [5.41, 5.74) is 1.88. The van der Waals surface area contributed by atoms with Gasteiger partial charge in [0.1, 0.15) is 5.82 Å². The summed E-state index contributed by atoms with van der Waals surface area (Å²) < 4.78 is 20.3. The Bertz CT molecular complexity index is 1320. The molecule has 1 amide bonds. The summed E-state index contributed by atoms with van der Waals surface area (Å²) in [5.74, 6) is -5.15. The smallest absolute Gasteiger partial charge is 0.336 e. The van der Waals surface area contributed by atoms with Crippen molar-refractivity contribution in [3.8, 4) is 0 Å². The van der Waals surface area contributed by atoms with Gasteiger partial charge in [0.25, 0.3) is 0 Å². The zero-order chi connectivity index (χ0) is 31.5. The van der Waals surface area contributed by atoms with Crippen LogP contribution in [0.1, 0.15) is 55.3 Å². The Balaban J connectivity index is 0.000000277. The van der Waals surface area contributed by atoms with E-state index in [0.29, 0.717) is 25.1 Å². The Hall–Kier alpha value is -3.46. The summed E-state index contributed by atoms with van der Waals surface area (Å²) in [6.07, 6.45) is 2.36. The number of ether oxygens (including phenoxy) is 1. The molecule has 2 saturated heterocycles. The molecule has 43 heavy (non-hydrogen) atoms. The van der Waals surface area contributed by atoms with Crippen molar-refractivity contribution in [2.24, 2.45) is 5.92 Å². The summed E-state index contributed by atoms with van der Waals surface area (Å²) in [6, 6.07) is 5.81. The third kappa shape index (κ3) is 7.37. The van der Waals surface area contributed by atoms with E-state index in [-0.39, 0.29) is 23.2 Å². The lowest BCUT2D eigenvalue weighted by molar-refractivity contribution is -0.170. The topological polar surface area (TPSA) is 178 Å². The van der Waals surface area contributed by atoms with Crippen LogP contribution < -0.4 is 0 Å². The Morgan fingerprint density at radius 1 is 1.14 bits per heavy atom. The Kier molecular flexibility index (Phi) is 9.84. The molecule has 4 heterocycles. The number of thiazole rings is 1. The first-order valence-electron chi connectivity index (χ1n) is 13.9. The quantitative estimate of drug-likeness (QED) is 0.306. The summed E-state index contributed by atoms with van der Waals surface area (Å²) in [5, 5.41) is 35.8. The van der Waals surface area contributed by atoms with E-state index in [1.165, 1.54) is 6.07 Å². The second-order valence-corrected chi connectivity index (χ2v) is 12.4.